The molecule has 0 radical (unpaired) electrons. The van der Waals surface area contributed by atoms with Gasteiger partial charge in [0.25, 0.3) is 0 Å². The van der Waals surface area contributed by atoms with Crippen LogP contribution in [0.15, 0.2) is 12.5 Å². The first-order chi connectivity index (χ1) is 6.31. The van der Waals surface area contributed by atoms with Crippen molar-refractivity contribution in [3.8, 4) is 0 Å². The van der Waals surface area contributed by atoms with Gasteiger partial charge >= 0.3 is 0 Å². The highest BCUT2D eigenvalue weighted by molar-refractivity contribution is 8.00. The van der Waals surface area contributed by atoms with E-state index in [0.717, 1.165) is 5.69 Å². The van der Waals surface area contributed by atoms with E-state index >= 15 is 0 Å². The first kappa shape index (κ1) is 9.09. The Balaban J connectivity index is 2.15. The van der Waals surface area contributed by atoms with Gasteiger partial charge in [-0.2, -0.15) is 11.8 Å². The first-order valence-corrected chi connectivity index (χ1v) is 5.61. The monoisotopic (exact) mass is 198 g/mol. The van der Waals surface area contributed by atoms with Crippen LogP contribution in [0.1, 0.15) is 25.1 Å². The number of aromatic nitrogens is 2. The molecule has 0 spiro atoms. The third kappa shape index (κ3) is 1.74. The lowest BCUT2D eigenvalue weighted by Crippen LogP contribution is -2.12. The average molecular weight is 198 g/mol. The normalized spacial score (nSPS) is 28.2. The maximum absolute atomic E-state index is 8.88. The van der Waals surface area contributed by atoms with Crippen LogP contribution in [-0.2, 0) is 6.61 Å². The molecule has 0 aromatic carbocycles. The smallest absolute Gasteiger partial charge is 0.0953 e. The molecule has 0 aliphatic carbocycles. The Morgan fingerprint density at radius 2 is 2.62 bits per heavy atom. The van der Waals surface area contributed by atoms with Crippen LogP contribution in [0.3, 0.4) is 0 Å². The summed E-state index contributed by atoms with van der Waals surface area (Å²) in [4.78, 5) is 4.12. The van der Waals surface area contributed by atoms with Gasteiger partial charge in [0.2, 0.25) is 0 Å². The molecule has 2 atom stereocenters. The topological polar surface area (TPSA) is 38.0 Å². The Bertz CT molecular complexity index is 287. The second-order valence-corrected chi connectivity index (χ2v) is 4.89. The summed E-state index contributed by atoms with van der Waals surface area (Å²) in [7, 11) is 0. The van der Waals surface area contributed by atoms with Crippen molar-refractivity contribution in [2.24, 2.45) is 0 Å². The summed E-state index contributed by atoms with van der Waals surface area (Å²) in [5.74, 6) is 1.23. The second-order valence-electron chi connectivity index (χ2n) is 3.40. The van der Waals surface area contributed by atoms with Crippen LogP contribution in [0.5, 0.6) is 0 Å². The van der Waals surface area contributed by atoms with Crippen LogP contribution in [0, 0.1) is 0 Å². The van der Waals surface area contributed by atoms with E-state index in [9.17, 15) is 0 Å². The van der Waals surface area contributed by atoms with Crippen molar-refractivity contribution in [1.82, 2.24) is 9.55 Å². The van der Waals surface area contributed by atoms with Gasteiger partial charge in [0, 0.05) is 17.5 Å². The highest BCUT2D eigenvalue weighted by atomic mass is 32.2. The van der Waals surface area contributed by atoms with Crippen LogP contribution >= 0.6 is 11.8 Å². The minimum Gasteiger partial charge on any atom is -0.390 e. The summed E-state index contributed by atoms with van der Waals surface area (Å²) in [5, 5.41) is 9.55. The van der Waals surface area contributed by atoms with E-state index in [0.29, 0.717) is 11.3 Å². The quantitative estimate of drug-likeness (QED) is 0.781. The number of aliphatic hydroxyl groups excluding tert-OH is 1. The molecule has 1 N–H and O–H groups in total. The summed E-state index contributed by atoms with van der Waals surface area (Å²) in [6, 6.07) is 0.567. The molecule has 2 heterocycles. The zero-order chi connectivity index (χ0) is 9.26. The van der Waals surface area contributed by atoms with Crippen LogP contribution in [0.4, 0.5) is 0 Å². The minimum atomic E-state index is 0.0429. The van der Waals surface area contributed by atoms with Gasteiger partial charge in [0.1, 0.15) is 0 Å². The van der Waals surface area contributed by atoms with Crippen LogP contribution in [0.2, 0.25) is 0 Å². The second kappa shape index (κ2) is 3.72. The third-order valence-corrected chi connectivity index (χ3v) is 3.85. The van der Waals surface area contributed by atoms with Crippen molar-refractivity contribution >= 4 is 11.8 Å². The number of nitrogens with zero attached hydrogens (tertiary/aromatic N) is 2. The predicted molar refractivity (Wildman–Crippen MR) is 53.7 cm³/mol. The molecule has 1 aromatic heterocycles. The molecule has 72 valence electrons. The van der Waals surface area contributed by atoms with E-state index in [1.54, 1.807) is 0 Å². The average Bonchev–Trinajstić information content (AvgIpc) is 2.71. The van der Waals surface area contributed by atoms with Gasteiger partial charge in [0.05, 0.1) is 18.6 Å². The first-order valence-electron chi connectivity index (χ1n) is 4.56. The van der Waals surface area contributed by atoms with Gasteiger partial charge in [0.15, 0.2) is 0 Å². The molecule has 2 rings (SSSR count). The fourth-order valence-corrected chi connectivity index (χ4v) is 3.00. The predicted octanol–water partition coefficient (Wildman–Crippen LogP) is 1.44. The molecule has 0 saturated carbocycles. The molecule has 1 aliphatic rings. The van der Waals surface area contributed by atoms with Crippen molar-refractivity contribution in [2.45, 2.75) is 31.2 Å². The molecule has 1 aliphatic heterocycles. The van der Waals surface area contributed by atoms with Crippen LogP contribution < -0.4 is 0 Å². The van der Waals surface area contributed by atoms with Gasteiger partial charge in [-0.05, 0) is 12.2 Å². The SMILES string of the molecule is CC1SCCC1n1cnc(CO)c1. The Hall–Kier alpha value is -0.480. The van der Waals surface area contributed by atoms with Crippen molar-refractivity contribution in [1.29, 1.82) is 0 Å². The van der Waals surface area contributed by atoms with Crippen LogP contribution in [0.25, 0.3) is 0 Å². The van der Waals surface area contributed by atoms with Crippen molar-refractivity contribution in [3.05, 3.63) is 18.2 Å². The fraction of sp³-hybridized carbons (Fsp3) is 0.667. The van der Waals surface area contributed by atoms with Gasteiger partial charge in [-0.3, -0.25) is 0 Å². The van der Waals surface area contributed by atoms with Gasteiger partial charge in [-0.1, -0.05) is 6.92 Å². The van der Waals surface area contributed by atoms with E-state index in [1.165, 1.54) is 12.2 Å². The Morgan fingerprint density at radius 1 is 1.77 bits per heavy atom. The Labute approximate surface area is 82.2 Å². The molecule has 13 heavy (non-hydrogen) atoms. The number of imidazole rings is 1. The summed E-state index contributed by atoms with van der Waals surface area (Å²) in [6.45, 7) is 2.29. The van der Waals surface area contributed by atoms with Crippen LogP contribution in [-0.4, -0.2) is 25.7 Å². The number of rotatable bonds is 2. The molecule has 1 fully saturated rings. The maximum atomic E-state index is 8.88. The Kier molecular flexibility index (Phi) is 2.60. The minimum absolute atomic E-state index is 0.0429. The highest BCUT2D eigenvalue weighted by Gasteiger charge is 2.25. The summed E-state index contributed by atoms with van der Waals surface area (Å²) in [6.07, 6.45) is 5.00. The zero-order valence-corrected chi connectivity index (χ0v) is 8.50. The summed E-state index contributed by atoms with van der Waals surface area (Å²) < 4.78 is 2.14. The lowest BCUT2D eigenvalue weighted by molar-refractivity contribution is 0.277. The zero-order valence-electron chi connectivity index (χ0n) is 7.68. The fourth-order valence-electron chi connectivity index (χ4n) is 1.75. The maximum Gasteiger partial charge on any atom is 0.0953 e. The van der Waals surface area contributed by atoms with Gasteiger partial charge in [-0.25, -0.2) is 4.98 Å². The molecule has 4 heteroatoms. The van der Waals surface area contributed by atoms with E-state index < -0.39 is 0 Å². The summed E-state index contributed by atoms with van der Waals surface area (Å²) in [5.41, 5.74) is 0.768. The highest BCUT2D eigenvalue weighted by Crippen LogP contribution is 2.35. The van der Waals surface area contributed by atoms with Gasteiger partial charge < -0.3 is 9.67 Å². The van der Waals surface area contributed by atoms with Crippen molar-refractivity contribution in [3.63, 3.8) is 0 Å². The van der Waals surface area contributed by atoms with E-state index in [-0.39, 0.29) is 6.61 Å². The number of thioether (sulfide) groups is 1. The van der Waals surface area contributed by atoms with Crippen molar-refractivity contribution in [2.75, 3.05) is 5.75 Å². The molecule has 1 saturated heterocycles. The number of hydrogen-bond acceptors (Lipinski definition) is 3. The van der Waals surface area contributed by atoms with Gasteiger partial charge in [-0.15, -0.1) is 0 Å². The van der Waals surface area contributed by atoms with E-state index in [4.69, 9.17) is 5.11 Å². The molecule has 1 aromatic rings. The number of hydrogen-bond donors (Lipinski definition) is 1. The lowest BCUT2D eigenvalue weighted by atomic mass is 10.2. The third-order valence-electron chi connectivity index (χ3n) is 2.54. The molecule has 0 bridgehead atoms. The van der Waals surface area contributed by atoms with E-state index in [1.807, 2.05) is 24.3 Å². The molecular weight excluding hydrogens is 184 g/mol. The Morgan fingerprint density at radius 3 is 3.15 bits per heavy atom. The molecule has 2 unspecified atom stereocenters. The standard InChI is InChI=1S/C9H14N2OS/c1-7-9(2-3-13-7)11-4-8(5-12)10-6-11/h4,6-7,9,12H,2-3,5H2,1H3. The van der Waals surface area contributed by atoms with Crippen molar-refractivity contribution < 1.29 is 5.11 Å². The molecular formula is C9H14N2OS. The lowest BCUT2D eigenvalue weighted by Gasteiger charge is -2.15. The summed E-state index contributed by atoms with van der Waals surface area (Å²) >= 11 is 2.01. The largest absolute Gasteiger partial charge is 0.390 e. The molecule has 3 nitrogen and oxygen atoms in total. The van der Waals surface area contributed by atoms with E-state index in [2.05, 4.69) is 16.5 Å². The molecule has 0 amide bonds. The number of aliphatic hydroxyl groups is 1.